The topological polar surface area (TPSA) is 32.3 Å². The Labute approximate surface area is 129 Å². The summed E-state index contributed by atoms with van der Waals surface area (Å²) in [6, 6.07) is 5.40. The number of aryl methyl sites for hydroxylation is 1. The Kier molecular flexibility index (Phi) is 6.94. The van der Waals surface area contributed by atoms with Crippen molar-refractivity contribution in [1.82, 2.24) is 10.2 Å². The van der Waals surface area contributed by atoms with E-state index in [-0.39, 0.29) is 18.3 Å². The van der Waals surface area contributed by atoms with Gasteiger partial charge < -0.3 is 10.2 Å². The van der Waals surface area contributed by atoms with E-state index < -0.39 is 0 Å². The number of hydrogen-bond donors (Lipinski definition) is 1. The van der Waals surface area contributed by atoms with Crippen LogP contribution in [0.25, 0.3) is 0 Å². The number of carbonyl (C=O) groups excluding carboxylic acids is 1. The Balaban J connectivity index is 0.00000180. The highest BCUT2D eigenvalue weighted by atomic mass is 35.5. The first-order chi connectivity index (χ1) is 8.66. The van der Waals surface area contributed by atoms with E-state index in [4.69, 9.17) is 23.2 Å². The van der Waals surface area contributed by atoms with Crippen molar-refractivity contribution in [3.8, 4) is 0 Å². The minimum Gasteiger partial charge on any atom is -0.340 e. The molecule has 3 nitrogen and oxygen atoms in total. The summed E-state index contributed by atoms with van der Waals surface area (Å²) in [6.45, 7) is 3.36. The van der Waals surface area contributed by atoms with Gasteiger partial charge in [0.2, 0.25) is 5.91 Å². The van der Waals surface area contributed by atoms with Crippen LogP contribution in [0, 0.1) is 0 Å². The fourth-order valence-electron chi connectivity index (χ4n) is 2.04. The van der Waals surface area contributed by atoms with Gasteiger partial charge >= 0.3 is 0 Å². The van der Waals surface area contributed by atoms with Gasteiger partial charge in [0, 0.05) is 42.6 Å². The fraction of sp³-hybridized carbons (Fsp3) is 0.462. The molecule has 0 bridgehead atoms. The zero-order valence-corrected chi connectivity index (χ0v) is 12.8. The number of piperazine rings is 1. The van der Waals surface area contributed by atoms with Gasteiger partial charge in [-0.05, 0) is 24.1 Å². The molecule has 0 atom stereocenters. The molecule has 1 aliphatic heterocycles. The van der Waals surface area contributed by atoms with E-state index in [1.165, 1.54) is 0 Å². The van der Waals surface area contributed by atoms with Gasteiger partial charge in [-0.25, -0.2) is 0 Å². The first-order valence-corrected chi connectivity index (χ1v) is 6.85. The number of nitrogens with one attached hydrogen (secondary N) is 1. The van der Waals surface area contributed by atoms with Gasteiger partial charge in [0.1, 0.15) is 0 Å². The second-order valence-electron chi connectivity index (χ2n) is 4.37. The minimum absolute atomic E-state index is 0. The molecule has 1 amide bonds. The lowest BCUT2D eigenvalue weighted by atomic mass is 10.1. The van der Waals surface area contributed by atoms with Crippen LogP contribution in [0.4, 0.5) is 0 Å². The van der Waals surface area contributed by atoms with E-state index in [0.29, 0.717) is 22.9 Å². The normalized spacial score (nSPS) is 14.9. The van der Waals surface area contributed by atoms with Gasteiger partial charge in [0.25, 0.3) is 0 Å². The SMILES string of the molecule is Cl.O=C(CCc1ccc(Cl)cc1Cl)N1CCNCC1. The lowest BCUT2D eigenvalue weighted by molar-refractivity contribution is -0.131. The molecule has 1 saturated heterocycles. The van der Waals surface area contributed by atoms with Crippen LogP contribution in [-0.2, 0) is 11.2 Å². The van der Waals surface area contributed by atoms with Gasteiger partial charge in [-0.2, -0.15) is 0 Å². The van der Waals surface area contributed by atoms with Crippen molar-refractivity contribution in [1.29, 1.82) is 0 Å². The maximum absolute atomic E-state index is 12.0. The highest BCUT2D eigenvalue weighted by Crippen LogP contribution is 2.22. The Morgan fingerprint density at radius 3 is 2.58 bits per heavy atom. The van der Waals surface area contributed by atoms with E-state index in [2.05, 4.69) is 5.32 Å². The standard InChI is InChI=1S/C13H16Cl2N2O.ClH/c14-11-3-1-10(12(15)9-11)2-4-13(18)17-7-5-16-6-8-17;/h1,3,9,16H,2,4-8H2;1H. The maximum Gasteiger partial charge on any atom is 0.222 e. The zero-order chi connectivity index (χ0) is 13.0. The van der Waals surface area contributed by atoms with Gasteiger partial charge in [-0.15, -0.1) is 12.4 Å². The molecule has 1 heterocycles. The molecule has 0 unspecified atom stereocenters. The highest BCUT2D eigenvalue weighted by Gasteiger charge is 2.16. The molecule has 0 spiro atoms. The lowest BCUT2D eigenvalue weighted by Crippen LogP contribution is -2.46. The summed E-state index contributed by atoms with van der Waals surface area (Å²) in [5.74, 6) is 0.197. The quantitative estimate of drug-likeness (QED) is 0.927. The fourth-order valence-corrected chi connectivity index (χ4v) is 2.54. The highest BCUT2D eigenvalue weighted by molar-refractivity contribution is 6.35. The van der Waals surface area contributed by atoms with Gasteiger partial charge in [0.05, 0.1) is 0 Å². The van der Waals surface area contributed by atoms with Crippen molar-refractivity contribution in [2.24, 2.45) is 0 Å². The predicted molar refractivity (Wildman–Crippen MR) is 81.5 cm³/mol. The van der Waals surface area contributed by atoms with Crippen LogP contribution in [0.5, 0.6) is 0 Å². The predicted octanol–water partition coefficient (Wildman–Crippen LogP) is 2.78. The first-order valence-electron chi connectivity index (χ1n) is 6.09. The maximum atomic E-state index is 12.0. The number of amides is 1. The Morgan fingerprint density at radius 1 is 1.26 bits per heavy atom. The number of hydrogen-bond acceptors (Lipinski definition) is 2. The molecule has 0 saturated carbocycles. The summed E-state index contributed by atoms with van der Waals surface area (Å²) in [6.07, 6.45) is 1.17. The van der Waals surface area contributed by atoms with Crippen molar-refractivity contribution in [3.63, 3.8) is 0 Å². The van der Waals surface area contributed by atoms with Gasteiger partial charge in [-0.1, -0.05) is 29.3 Å². The van der Waals surface area contributed by atoms with Crippen LogP contribution >= 0.6 is 35.6 Å². The van der Waals surface area contributed by atoms with E-state index in [1.54, 1.807) is 12.1 Å². The van der Waals surface area contributed by atoms with Crippen LogP contribution in [0.3, 0.4) is 0 Å². The summed E-state index contributed by atoms with van der Waals surface area (Å²) in [5, 5.41) is 4.49. The number of carbonyl (C=O) groups is 1. The monoisotopic (exact) mass is 322 g/mol. The number of nitrogens with zero attached hydrogens (tertiary/aromatic N) is 1. The smallest absolute Gasteiger partial charge is 0.222 e. The molecule has 2 rings (SSSR count). The molecular formula is C13H17Cl3N2O. The molecule has 1 aromatic rings. The van der Waals surface area contributed by atoms with Crippen molar-refractivity contribution in [2.75, 3.05) is 26.2 Å². The largest absolute Gasteiger partial charge is 0.340 e. The van der Waals surface area contributed by atoms with Gasteiger partial charge in [0.15, 0.2) is 0 Å². The molecule has 1 aromatic carbocycles. The molecule has 1 fully saturated rings. The number of halogens is 3. The summed E-state index contributed by atoms with van der Waals surface area (Å²) in [4.78, 5) is 13.9. The molecule has 1 N–H and O–H groups in total. The second-order valence-corrected chi connectivity index (χ2v) is 5.21. The summed E-state index contributed by atoms with van der Waals surface area (Å²) >= 11 is 11.9. The third-order valence-corrected chi connectivity index (χ3v) is 3.68. The van der Waals surface area contributed by atoms with E-state index in [9.17, 15) is 4.79 Å². The number of rotatable bonds is 3. The molecule has 19 heavy (non-hydrogen) atoms. The molecular weight excluding hydrogens is 307 g/mol. The molecule has 106 valence electrons. The van der Waals surface area contributed by atoms with E-state index in [0.717, 1.165) is 31.7 Å². The molecule has 0 radical (unpaired) electrons. The van der Waals surface area contributed by atoms with Crippen molar-refractivity contribution >= 4 is 41.5 Å². The third-order valence-electron chi connectivity index (χ3n) is 3.09. The van der Waals surface area contributed by atoms with Crippen molar-refractivity contribution in [2.45, 2.75) is 12.8 Å². The first kappa shape index (κ1) is 16.6. The Hall–Kier alpha value is -0.480. The van der Waals surface area contributed by atoms with Crippen LogP contribution in [0.2, 0.25) is 10.0 Å². The average molecular weight is 324 g/mol. The van der Waals surface area contributed by atoms with Crippen molar-refractivity contribution < 1.29 is 4.79 Å². The molecule has 0 aliphatic carbocycles. The van der Waals surface area contributed by atoms with Crippen LogP contribution in [0.15, 0.2) is 18.2 Å². The number of benzene rings is 1. The minimum atomic E-state index is 0. The molecule has 0 aromatic heterocycles. The zero-order valence-electron chi connectivity index (χ0n) is 10.5. The van der Waals surface area contributed by atoms with Gasteiger partial charge in [-0.3, -0.25) is 4.79 Å². The molecule has 6 heteroatoms. The second kappa shape index (κ2) is 7.95. The summed E-state index contributed by atoms with van der Waals surface area (Å²) in [5.41, 5.74) is 0.976. The Bertz CT molecular complexity index is 434. The van der Waals surface area contributed by atoms with E-state index >= 15 is 0 Å². The third kappa shape index (κ3) is 4.84. The van der Waals surface area contributed by atoms with Crippen LogP contribution in [0.1, 0.15) is 12.0 Å². The summed E-state index contributed by atoms with van der Waals surface area (Å²) in [7, 11) is 0. The lowest BCUT2D eigenvalue weighted by Gasteiger charge is -2.27. The van der Waals surface area contributed by atoms with Crippen LogP contribution < -0.4 is 5.32 Å². The van der Waals surface area contributed by atoms with Crippen molar-refractivity contribution in [3.05, 3.63) is 33.8 Å². The molecule has 1 aliphatic rings. The summed E-state index contributed by atoms with van der Waals surface area (Å²) < 4.78 is 0. The van der Waals surface area contributed by atoms with Crippen LogP contribution in [-0.4, -0.2) is 37.0 Å². The van der Waals surface area contributed by atoms with E-state index in [1.807, 2.05) is 11.0 Å². The average Bonchev–Trinajstić information content (AvgIpc) is 2.38. The Morgan fingerprint density at radius 2 is 1.95 bits per heavy atom.